The summed E-state index contributed by atoms with van der Waals surface area (Å²) in [4.78, 5) is 12.5. The molecule has 1 atom stereocenters. The molecule has 2 aromatic carbocycles. The third kappa shape index (κ3) is 2.61. The van der Waals surface area contributed by atoms with Crippen molar-refractivity contribution in [2.45, 2.75) is 6.04 Å². The molecule has 5 rings (SSSR count). The molecule has 0 spiro atoms. The summed E-state index contributed by atoms with van der Waals surface area (Å²) in [5, 5.41) is 21.4. The lowest BCUT2D eigenvalue weighted by atomic mass is 9.92. The Hall–Kier alpha value is -3.40. The summed E-state index contributed by atoms with van der Waals surface area (Å²) in [6, 6.07) is 13.0. The summed E-state index contributed by atoms with van der Waals surface area (Å²) in [5.74, 6) is -0.101. The van der Waals surface area contributed by atoms with Gasteiger partial charge in [0.1, 0.15) is 17.5 Å². The van der Waals surface area contributed by atoms with Crippen LogP contribution in [0.25, 0.3) is 11.3 Å². The van der Waals surface area contributed by atoms with E-state index in [1.807, 2.05) is 24.3 Å². The number of fused-ring (bicyclic) bond motifs is 2. The van der Waals surface area contributed by atoms with E-state index in [2.05, 4.69) is 47.0 Å². The van der Waals surface area contributed by atoms with Crippen LogP contribution in [0.3, 0.4) is 0 Å². The van der Waals surface area contributed by atoms with Crippen LogP contribution in [0.1, 0.15) is 17.2 Å². The van der Waals surface area contributed by atoms with E-state index in [-0.39, 0.29) is 5.69 Å². The largest absolute Gasteiger partial charge is 0.318 e. The highest BCUT2D eigenvalue weighted by molar-refractivity contribution is 9.10. The maximum absolute atomic E-state index is 14.0. The van der Waals surface area contributed by atoms with E-state index >= 15 is 0 Å². The second-order valence-corrected chi connectivity index (χ2v) is 7.14. The van der Waals surface area contributed by atoms with Crippen LogP contribution < -0.4 is 10.9 Å². The summed E-state index contributed by atoms with van der Waals surface area (Å²) in [6.07, 6.45) is 0. The average Bonchev–Trinajstić information content (AvgIpc) is 3.16. The van der Waals surface area contributed by atoms with Crippen LogP contribution in [-0.2, 0) is 0 Å². The number of tetrazole rings is 1. The lowest BCUT2D eigenvalue weighted by Crippen LogP contribution is -2.29. The number of halogens is 2. The van der Waals surface area contributed by atoms with Gasteiger partial charge in [-0.05, 0) is 40.3 Å². The predicted octanol–water partition coefficient (Wildman–Crippen LogP) is 3.02. The molecule has 0 bridgehead atoms. The molecule has 2 N–H and O–H groups in total. The summed E-state index contributed by atoms with van der Waals surface area (Å²) in [5.41, 5.74) is 2.37. The smallest absolute Gasteiger partial charge is 0.288 e. The number of aromatic amines is 1. The Morgan fingerprint density at radius 3 is 2.75 bits per heavy atom. The maximum atomic E-state index is 14.0. The number of nitrogens with zero attached hydrogens (tertiary/aromatic N) is 5. The van der Waals surface area contributed by atoms with Gasteiger partial charge in [0.15, 0.2) is 0 Å². The van der Waals surface area contributed by atoms with Gasteiger partial charge in [-0.2, -0.15) is 9.78 Å². The zero-order chi connectivity index (χ0) is 19.3. The standard InChI is InChI=1S/C18H11BrFN7O/c19-11-6-4-9(5-7-11)14-13-15(17(28)23-22-14)21-18-24-25-26-27(18)16(13)10-2-1-3-12(20)8-10/h1-8,16H,(H,23,28)(H,21,24,26)/t16-/m1/s1. The third-order valence-corrected chi connectivity index (χ3v) is 5.08. The number of anilines is 2. The van der Waals surface area contributed by atoms with Gasteiger partial charge < -0.3 is 5.32 Å². The van der Waals surface area contributed by atoms with Crippen LogP contribution in [-0.4, -0.2) is 30.4 Å². The van der Waals surface area contributed by atoms with Gasteiger partial charge in [-0.1, -0.05) is 45.3 Å². The Morgan fingerprint density at radius 2 is 1.96 bits per heavy atom. The van der Waals surface area contributed by atoms with E-state index in [0.717, 1.165) is 10.0 Å². The number of benzene rings is 2. The van der Waals surface area contributed by atoms with Crippen LogP contribution in [0.2, 0.25) is 0 Å². The molecule has 8 nitrogen and oxygen atoms in total. The van der Waals surface area contributed by atoms with Gasteiger partial charge in [0.25, 0.3) is 5.56 Å². The Bertz CT molecular complexity index is 1250. The second kappa shape index (κ2) is 6.34. The van der Waals surface area contributed by atoms with E-state index in [4.69, 9.17) is 0 Å². The molecule has 28 heavy (non-hydrogen) atoms. The minimum atomic E-state index is -0.620. The van der Waals surface area contributed by atoms with E-state index in [9.17, 15) is 9.18 Å². The molecule has 0 amide bonds. The molecule has 1 aliphatic rings. The molecule has 138 valence electrons. The molecule has 0 saturated heterocycles. The van der Waals surface area contributed by atoms with Gasteiger partial charge in [0.2, 0.25) is 5.95 Å². The highest BCUT2D eigenvalue weighted by Gasteiger charge is 2.34. The van der Waals surface area contributed by atoms with Crippen molar-refractivity contribution in [3.8, 4) is 11.3 Å². The summed E-state index contributed by atoms with van der Waals surface area (Å²) in [7, 11) is 0. The zero-order valence-electron chi connectivity index (χ0n) is 14.1. The summed E-state index contributed by atoms with van der Waals surface area (Å²) >= 11 is 3.41. The normalized spacial score (nSPS) is 14.9. The number of aromatic nitrogens is 6. The predicted molar refractivity (Wildman–Crippen MR) is 103 cm³/mol. The molecule has 0 fully saturated rings. The maximum Gasteiger partial charge on any atom is 0.288 e. The van der Waals surface area contributed by atoms with Crippen molar-refractivity contribution in [3.05, 3.63) is 80.3 Å². The molecule has 4 aromatic rings. The lowest BCUT2D eigenvalue weighted by Gasteiger charge is -2.27. The van der Waals surface area contributed by atoms with Crippen LogP contribution in [0.5, 0.6) is 0 Å². The van der Waals surface area contributed by atoms with Gasteiger partial charge in [-0.25, -0.2) is 9.49 Å². The van der Waals surface area contributed by atoms with Crippen molar-refractivity contribution in [1.82, 2.24) is 30.4 Å². The molecular formula is C18H11BrFN7O. The molecule has 3 heterocycles. The highest BCUT2D eigenvalue weighted by Crippen LogP contribution is 2.41. The van der Waals surface area contributed by atoms with E-state index in [0.29, 0.717) is 22.8 Å². The molecule has 1 aliphatic heterocycles. The first-order chi connectivity index (χ1) is 13.6. The number of hydrogen-bond acceptors (Lipinski definition) is 6. The van der Waals surface area contributed by atoms with E-state index in [1.54, 1.807) is 12.1 Å². The van der Waals surface area contributed by atoms with Crippen LogP contribution in [0.4, 0.5) is 16.0 Å². The molecule has 2 aromatic heterocycles. The van der Waals surface area contributed by atoms with E-state index in [1.165, 1.54) is 16.8 Å². The second-order valence-electron chi connectivity index (χ2n) is 6.23. The highest BCUT2D eigenvalue weighted by atomic mass is 79.9. The van der Waals surface area contributed by atoms with Gasteiger partial charge >= 0.3 is 0 Å². The van der Waals surface area contributed by atoms with Crippen molar-refractivity contribution >= 4 is 27.6 Å². The molecule has 0 radical (unpaired) electrons. The molecule has 0 saturated carbocycles. The SMILES string of the molecule is O=c1[nH]nc(-c2ccc(Br)cc2)c2c1Nc1nnnn1[C@@H]2c1cccc(F)c1. The first-order valence-electron chi connectivity index (χ1n) is 8.30. The van der Waals surface area contributed by atoms with Crippen molar-refractivity contribution in [3.63, 3.8) is 0 Å². The van der Waals surface area contributed by atoms with Crippen LogP contribution in [0.15, 0.2) is 57.8 Å². The minimum absolute atomic E-state index is 0.282. The van der Waals surface area contributed by atoms with Crippen molar-refractivity contribution in [2.24, 2.45) is 0 Å². The van der Waals surface area contributed by atoms with Gasteiger partial charge in [-0.3, -0.25) is 4.79 Å². The first kappa shape index (κ1) is 16.8. The fourth-order valence-electron chi connectivity index (χ4n) is 3.35. The lowest BCUT2D eigenvalue weighted by molar-refractivity contribution is 0.560. The minimum Gasteiger partial charge on any atom is -0.318 e. The zero-order valence-corrected chi connectivity index (χ0v) is 15.7. The molecular weight excluding hydrogens is 429 g/mol. The Morgan fingerprint density at radius 1 is 1.14 bits per heavy atom. The van der Waals surface area contributed by atoms with Gasteiger partial charge in [0, 0.05) is 15.6 Å². The van der Waals surface area contributed by atoms with Crippen molar-refractivity contribution < 1.29 is 4.39 Å². The fourth-order valence-corrected chi connectivity index (χ4v) is 3.61. The summed E-state index contributed by atoms with van der Waals surface area (Å²) in [6.45, 7) is 0. The van der Waals surface area contributed by atoms with E-state index < -0.39 is 17.4 Å². The first-order valence-corrected chi connectivity index (χ1v) is 9.10. The topological polar surface area (TPSA) is 101 Å². The fraction of sp³-hybridized carbons (Fsp3) is 0.0556. The summed E-state index contributed by atoms with van der Waals surface area (Å²) < 4.78 is 16.4. The molecule has 10 heteroatoms. The van der Waals surface area contributed by atoms with Gasteiger partial charge in [-0.15, -0.1) is 0 Å². The van der Waals surface area contributed by atoms with Crippen molar-refractivity contribution in [2.75, 3.05) is 5.32 Å². The average molecular weight is 440 g/mol. The van der Waals surface area contributed by atoms with Gasteiger partial charge in [0.05, 0.1) is 5.69 Å². The number of hydrogen-bond donors (Lipinski definition) is 2. The number of rotatable bonds is 2. The Balaban J connectivity index is 1.82. The monoisotopic (exact) mass is 439 g/mol. The molecule has 0 unspecified atom stereocenters. The van der Waals surface area contributed by atoms with Crippen molar-refractivity contribution in [1.29, 1.82) is 0 Å². The molecule has 0 aliphatic carbocycles. The Kier molecular flexibility index (Phi) is 3.79. The Labute approximate surface area is 165 Å². The van der Waals surface area contributed by atoms with Crippen LogP contribution >= 0.6 is 15.9 Å². The quantitative estimate of drug-likeness (QED) is 0.438. The number of nitrogens with one attached hydrogen (secondary N) is 2. The van der Waals surface area contributed by atoms with Crippen LogP contribution in [0, 0.1) is 5.82 Å². The number of H-pyrrole nitrogens is 1. The third-order valence-electron chi connectivity index (χ3n) is 4.55.